The highest BCUT2D eigenvalue weighted by molar-refractivity contribution is 7.91. The van der Waals surface area contributed by atoms with Crippen molar-refractivity contribution in [2.45, 2.75) is 23.2 Å². The molecule has 9 heteroatoms. The van der Waals surface area contributed by atoms with Crippen molar-refractivity contribution in [3.8, 4) is 5.88 Å². The number of carbonyl (C=O) groups excluding carboxylic acids is 1. The molecule has 0 aliphatic carbocycles. The molecule has 1 aliphatic rings. The Labute approximate surface area is 146 Å². The number of pyridine rings is 1. The average molecular weight is 364 g/mol. The van der Waals surface area contributed by atoms with Gasteiger partial charge in [0.15, 0.2) is 0 Å². The lowest BCUT2D eigenvalue weighted by molar-refractivity contribution is 0.0725. The van der Waals surface area contributed by atoms with E-state index in [9.17, 15) is 13.2 Å². The predicted octanol–water partition coefficient (Wildman–Crippen LogP) is 0.902. The first kappa shape index (κ1) is 17.4. The molecule has 3 heterocycles. The van der Waals surface area contributed by atoms with Crippen LogP contribution in [0.1, 0.15) is 23.2 Å². The number of carbonyl (C=O) groups is 1. The SMILES string of the molecule is COc1ccc(C(=O)N2CCC(S(=O)(=O)c3nccn3C)CC2)cn1. The zero-order valence-corrected chi connectivity index (χ0v) is 14.9. The van der Waals surface area contributed by atoms with Gasteiger partial charge in [0.2, 0.25) is 20.9 Å². The number of rotatable bonds is 4. The first-order valence-electron chi connectivity index (χ1n) is 7.94. The Balaban J connectivity index is 1.67. The molecule has 2 aromatic rings. The van der Waals surface area contributed by atoms with Gasteiger partial charge in [-0.25, -0.2) is 18.4 Å². The van der Waals surface area contributed by atoms with Crippen molar-refractivity contribution >= 4 is 15.7 Å². The Bertz CT molecular complexity index is 853. The fourth-order valence-corrected chi connectivity index (χ4v) is 4.75. The van der Waals surface area contributed by atoms with Crippen LogP contribution in [0.3, 0.4) is 0 Å². The van der Waals surface area contributed by atoms with Gasteiger partial charge in [-0.05, 0) is 18.9 Å². The molecular weight excluding hydrogens is 344 g/mol. The highest BCUT2D eigenvalue weighted by Gasteiger charge is 2.35. The third kappa shape index (κ3) is 3.37. The Morgan fingerprint density at radius 3 is 2.48 bits per heavy atom. The smallest absolute Gasteiger partial charge is 0.255 e. The summed E-state index contributed by atoms with van der Waals surface area (Å²) in [5.74, 6) is 0.291. The molecule has 0 N–H and O–H groups in total. The number of imidazole rings is 1. The van der Waals surface area contributed by atoms with Gasteiger partial charge in [0, 0.05) is 44.8 Å². The van der Waals surface area contributed by atoms with Crippen LogP contribution >= 0.6 is 0 Å². The summed E-state index contributed by atoms with van der Waals surface area (Å²) in [6, 6.07) is 3.29. The zero-order valence-electron chi connectivity index (χ0n) is 14.1. The van der Waals surface area contributed by atoms with Crippen molar-refractivity contribution in [2.75, 3.05) is 20.2 Å². The number of sulfone groups is 1. The first-order valence-corrected chi connectivity index (χ1v) is 9.48. The van der Waals surface area contributed by atoms with Gasteiger partial charge >= 0.3 is 0 Å². The minimum absolute atomic E-state index is 0.0802. The minimum Gasteiger partial charge on any atom is -0.481 e. The topological polar surface area (TPSA) is 94.4 Å². The summed E-state index contributed by atoms with van der Waals surface area (Å²) in [4.78, 5) is 22.2. The fraction of sp³-hybridized carbons (Fsp3) is 0.438. The molecule has 0 radical (unpaired) electrons. The quantitative estimate of drug-likeness (QED) is 0.800. The van der Waals surface area contributed by atoms with Crippen molar-refractivity contribution in [3.63, 3.8) is 0 Å². The van der Waals surface area contributed by atoms with Crippen molar-refractivity contribution in [2.24, 2.45) is 7.05 Å². The maximum absolute atomic E-state index is 12.7. The molecule has 0 unspecified atom stereocenters. The van der Waals surface area contributed by atoms with Gasteiger partial charge in [0.25, 0.3) is 5.91 Å². The highest BCUT2D eigenvalue weighted by atomic mass is 32.2. The Morgan fingerprint density at radius 2 is 1.96 bits per heavy atom. The van der Waals surface area contributed by atoms with Crippen LogP contribution in [0.15, 0.2) is 35.9 Å². The molecule has 1 fully saturated rings. The molecule has 1 saturated heterocycles. The van der Waals surface area contributed by atoms with E-state index in [1.807, 2.05) is 0 Å². The van der Waals surface area contributed by atoms with Gasteiger partial charge in [0.1, 0.15) is 0 Å². The number of nitrogens with zero attached hydrogens (tertiary/aromatic N) is 4. The largest absolute Gasteiger partial charge is 0.481 e. The highest BCUT2D eigenvalue weighted by Crippen LogP contribution is 2.24. The summed E-state index contributed by atoms with van der Waals surface area (Å²) in [6.45, 7) is 0.776. The Kier molecular flexibility index (Phi) is 4.76. The zero-order chi connectivity index (χ0) is 18.0. The van der Waals surface area contributed by atoms with Crippen LogP contribution < -0.4 is 4.74 Å². The fourth-order valence-electron chi connectivity index (χ4n) is 2.95. The van der Waals surface area contributed by atoms with Crippen LogP contribution in [0.25, 0.3) is 0 Å². The van der Waals surface area contributed by atoms with Gasteiger partial charge in [-0.2, -0.15) is 0 Å². The summed E-state index contributed by atoms with van der Waals surface area (Å²) in [5.41, 5.74) is 0.464. The lowest BCUT2D eigenvalue weighted by Gasteiger charge is -2.31. The van der Waals surface area contributed by atoms with E-state index in [-0.39, 0.29) is 11.1 Å². The molecule has 0 bridgehead atoms. The number of ether oxygens (including phenoxy) is 1. The number of methoxy groups -OCH3 is 1. The third-order valence-electron chi connectivity index (χ3n) is 4.39. The molecule has 1 aliphatic heterocycles. The maximum atomic E-state index is 12.7. The van der Waals surface area contributed by atoms with Crippen LogP contribution in [0.4, 0.5) is 0 Å². The summed E-state index contributed by atoms with van der Waals surface area (Å²) in [6.07, 6.45) is 5.34. The summed E-state index contributed by atoms with van der Waals surface area (Å²) in [7, 11) is -0.315. The molecule has 0 spiro atoms. The van der Waals surface area contributed by atoms with Crippen molar-refractivity contribution in [1.82, 2.24) is 19.4 Å². The predicted molar refractivity (Wildman–Crippen MR) is 90.1 cm³/mol. The molecule has 8 nitrogen and oxygen atoms in total. The summed E-state index contributed by atoms with van der Waals surface area (Å²) in [5, 5.41) is -0.441. The Hall–Kier alpha value is -2.42. The summed E-state index contributed by atoms with van der Waals surface area (Å²) < 4.78 is 31.8. The number of likely N-dealkylation sites (tertiary alicyclic amines) is 1. The third-order valence-corrected chi connectivity index (χ3v) is 6.64. The molecule has 3 rings (SSSR count). The van der Waals surface area contributed by atoms with Gasteiger partial charge in [-0.3, -0.25) is 4.79 Å². The number of hydrogen-bond acceptors (Lipinski definition) is 6. The molecular formula is C16H20N4O4S. The van der Waals surface area contributed by atoms with Crippen molar-refractivity contribution in [1.29, 1.82) is 0 Å². The maximum Gasteiger partial charge on any atom is 0.255 e. The van der Waals surface area contributed by atoms with E-state index < -0.39 is 15.1 Å². The van der Waals surface area contributed by atoms with E-state index in [1.165, 1.54) is 24.1 Å². The molecule has 134 valence electrons. The van der Waals surface area contributed by atoms with Crippen LogP contribution in [0.2, 0.25) is 0 Å². The van der Waals surface area contributed by atoms with E-state index in [0.717, 1.165) is 0 Å². The lowest BCUT2D eigenvalue weighted by Crippen LogP contribution is -2.42. The normalized spacial score (nSPS) is 16.0. The lowest BCUT2D eigenvalue weighted by atomic mass is 10.1. The molecule has 0 saturated carbocycles. The van der Waals surface area contributed by atoms with Gasteiger partial charge < -0.3 is 14.2 Å². The molecule has 25 heavy (non-hydrogen) atoms. The second-order valence-electron chi connectivity index (χ2n) is 5.95. The van der Waals surface area contributed by atoms with Crippen molar-refractivity contribution in [3.05, 3.63) is 36.3 Å². The number of amides is 1. The van der Waals surface area contributed by atoms with E-state index in [2.05, 4.69) is 9.97 Å². The Morgan fingerprint density at radius 1 is 1.24 bits per heavy atom. The van der Waals surface area contributed by atoms with E-state index in [1.54, 1.807) is 30.3 Å². The van der Waals surface area contributed by atoms with E-state index in [4.69, 9.17) is 4.74 Å². The van der Waals surface area contributed by atoms with Crippen LogP contribution in [-0.2, 0) is 16.9 Å². The molecule has 2 aromatic heterocycles. The van der Waals surface area contributed by atoms with Gasteiger partial charge in [-0.1, -0.05) is 0 Å². The van der Waals surface area contributed by atoms with Crippen LogP contribution in [-0.4, -0.2) is 59.2 Å². The van der Waals surface area contributed by atoms with Crippen molar-refractivity contribution < 1.29 is 17.9 Å². The minimum atomic E-state index is -3.49. The number of aromatic nitrogens is 3. The number of aryl methyl sites for hydroxylation is 1. The first-order chi connectivity index (χ1) is 11.9. The summed E-state index contributed by atoms with van der Waals surface area (Å²) >= 11 is 0. The molecule has 0 atom stereocenters. The standard InChI is InChI=1S/C16H20N4O4S/c1-19-10-7-17-16(19)25(22,23)13-5-8-20(9-6-13)15(21)12-3-4-14(24-2)18-11-12/h3-4,7,10-11,13H,5-6,8-9H2,1-2H3. The second kappa shape index (κ2) is 6.83. The molecule has 1 amide bonds. The van der Waals surface area contributed by atoms with Gasteiger partial charge in [-0.15, -0.1) is 0 Å². The van der Waals surface area contributed by atoms with Gasteiger partial charge in [0.05, 0.1) is 17.9 Å². The van der Waals surface area contributed by atoms with Crippen LogP contribution in [0, 0.1) is 0 Å². The number of hydrogen-bond donors (Lipinski definition) is 0. The van der Waals surface area contributed by atoms with E-state index >= 15 is 0 Å². The average Bonchev–Trinajstić information content (AvgIpc) is 3.08. The number of piperidine rings is 1. The van der Waals surface area contributed by atoms with Crippen LogP contribution in [0.5, 0.6) is 5.88 Å². The monoisotopic (exact) mass is 364 g/mol. The molecule has 0 aromatic carbocycles. The van der Waals surface area contributed by atoms with E-state index in [0.29, 0.717) is 37.4 Å². The second-order valence-corrected chi connectivity index (χ2v) is 8.07.